The predicted molar refractivity (Wildman–Crippen MR) is 132 cm³/mol. The maximum absolute atomic E-state index is 12.9. The minimum absolute atomic E-state index is 0.322. The monoisotopic (exact) mass is 482 g/mol. The van der Waals surface area contributed by atoms with Gasteiger partial charge in [-0.1, -0.05) is 48.5 Å². The molecule has 1 saturated heterocycles. The lowest BCUT2D eigenvalue weighted by Gasteiger charge is -2.31. The van der Waals surface area contributed by atoms with Crippen LogP contribution >= 0.6 is 11.8 Å². The molecule has 3 aromatic rings. The number of thioether (sulfide) groups is 1. The predicted octanol–water partition coefficient (Wildman–Crippen LogP) is 5.28. The highest BCUT2D eigenvalue weighted by atomic mass is 32.2. The minimum Gasteiger partial charge on any atom is -0.341 e. The van der Waals surface area contributed by atoms with Gasteiger partial charge in [0.1, 0.15) is 0 Å². The number of aromatic nitrogens is 3. The molecule has 0 bridgehead atoms. The van der Waals surface area contributed by atoms with Crippen LogP contribution < -0.4 is 4.90 Å². The van der Waals surface area contributed by atoms with Crippen LogP contribution in [0.25, 0.3) is 0 Å². The van der Waals surface area contributed by atoms with Gasteiger partial charge in [-0.15, -0.1) is 10.2 Å². The Balaban J connectivity index is 1.29. The van der Waals surface area contributed by atoms with Gasteiger partial charge in [0.25, 0.3) is 0 Å². The molecule has 2 heterocycles. The van der Waals surface area contributed by atoms with Gasteiger partial charge >= 0.3 is 0 Å². The summed E-state index contributed by atoms with van der Waals surface area (Å²) < 4.78 is 28.1. The fraction of sp³-hybridized carbons (Fsp3) is 0.440. The van der Waals surface area contributed by atoms with Gasteiger partial charge in [-0.25, -0.2) is 8.42 Å². The van der Waals surface area contributed by atoms with Crippen LogP contribution in [-0.4, -0.2) is 36.3 Å². The van der Waals surface area contributed by atoms with E-state index in [2.05, 4.69) is 26.6 Å². The van der Waals surface area contributed by atoms with Gasteiger partial charge in [-0.2, -0.15) is 0 Å². The van der Waals surface area contributed by atoms with E-state index in [1.165, 1.54) is 25.7 Å². The standard InChI is InChI=1S/C25H30N4O2S2/c1-18-3-9-22(10-4-18)33(30,31)23-11-5-20(6-12-23)17-32-25-27-26-24(29(25)21-7-8-21)28-15-13-19(2)14-16-28/h3-6,9-12,19,21H,7-8,13-17H2,1-2H3. The van der Waals surface area contributed by atoms with Crippen molar-refractivity contribution >= 4 is 27.5 Å². The van der Waals surface area contributed by atoms with E-state index in [0.29, 0.717) is 15.8 Å². The number of benzene rings is 2. The van der Waals surface area contributed by atoms with Gasteiger partial charge in [0.05, 0.1) is 9.79 Å². The van der Waals surface area contributed by atoms with E-state index < -0.39 is 9.84 Å². The molecule has 1 aliphatic heterocycles. The lowest BCUT2D eigenvalue weighted by atomic mass is 10.00. The van der Waals surface area contributed by atoms with E-state index >= 15 is 0 Å². The molecule has 0 N–H and O–H groups in total. The first-order valence-electron chi connectivity index (χ1n) is 11.6. The second kappa shape index (κ2) is 9.14. The fourth-order valence-corrected chi connectivity index (χ4v) is 6.43. The summed E-state index contributed by atoms with van der Waals surface area (Å²) in [6, 6.07) is 14.7. The first kappa shape index (κ1) is 22.5. The summed E-state index contributed by atoms with van der Waals surface area (Å²) >= 11 is 1.68. The van der Waals surface area contributed by atoms with E-state index in [-0.39, 0.29) is 0 Å². The van der Waals surface area contributed by atoms with Crippen LogP contribution in [0.5, 0.6) is 0 Å². The minimum atomic E-state index is -3.50. The first-order valence-corrected chi connectivity index (χ1v) is 14.1. The molecule has 0 spiro atoms. The van der Waals surface area contributed by atoms with Crippen molar-refractivity contribution < 1.29 is 8.42 Å². The van der Waals surface area contributed by atoms with Gasteiger partial charge in [0.2, 0.25) is 15.8 Å². The summed E-state index contributed by atoms with van der Waals surface area (Å²) in [6.45, 7) is 6.37. The quantitative estimate of drug-likeness (QED) is 0.427. The number of sulfone groups is 1. The molecular weight excluding hydrogens is 452 g/mol. The molecule has 0 radical (unpaired) electrons. The van der Waals surface area contributed by atoms with Crippen molar-refractivity contribution in [2.24, 2.45) is 5.92 Å². The van der Waals surface area contributed by atoms with Gasteiger partial charge in [-0.05, 0) is 68.4 Å². The summed E-state index contributed by atoms with van der Waals surface area (Å²) in [4.78, 5) is 3.04. The largest absolute Gasteiger partial charge is 0.341 e. The zero-order valence-corrected chi connectivity index (χ0v) is 20.8. The molecule has 2 fully saturated rings. The SMILES string of the molecule is Cc1ccc(S(=O)(=O)c2ccc(CSc3nnc(N4CCC(C)CC4)n3C3CC3)cc2)cc1. The van der Waals surface area contributed by atoms with Crippen molar-refractivity contribution in [3.63, 3.8) is 0 Å². The number of hydrogen-bond donors (Lipinski definition) is 0. The highest BCUT2D eigenvalue weighted by Crippen LogP contribution is 2.42. The van der Waals surface area contributed by atoms with Gasteiger partial charge in [0.15, 0.2) is 5.16 Å². The van der Waals surface area contributed by atoms with Crippen molar-refractivity contribution in [1.82, 2.24) is 14.8 Å². The highest BCUT2D eigenvalue weighted by Gasteiger charge is 2.32. The van der Waals surface area contributed by atoms with Gasteiger partial charge < -0.3 is 4.90 Å². The number of anilines is 1. The number of hydrogen-bond acceptors (Lipinski definition) is 6. The summed E-state index contributed by atoms with van der Waals surface area (Å²) in [5, 5.41) is 10.1. The topological polar surface area (TPSA) is 68.1 Å². The van der Waals surface area contributed by atoms with E-state index in [4.69, 9.17) is 0 Å². The molecular formula is C25H30N4O2S2. The molecule has 0 unspecified atom stereocenters. The number of aryl methyl sites for hydroxylation is 1. The molecule has 0 atom stereocenters. The molecule has 6 nitrogen and oxygen atoms in total. The summed E-state index contributed by atoms with van der Waals surface area (Å²) in [5.74, 6) is 2.53. The Morgan fingerprint density at radius 2 is 1.52 bits per heavy atom. The maximum atomic E-state index is 12.9. The Bertz CT molecular complexity index is 1210. The van der Waals surface area contributed by atoms with Crippen molar-refractivity contribution in [3.8, 4) is 0 Å². The Labute approximate surface area is 200 Å². The van der Waals surface area contributed by atoms with Crippen LogP contribution in [-0.2, 0) is 15.6 Å². The Hall–Kier alpha value is -2.32. The Morgan fingerprint density at radius 3 is 2.12 bits per heavy atom. The molecule has 1 saturated carbocycles. The van der Waals surface area contributed by atoms with Gasteiger partial charge in [-0.3, -0.25) is 4.57 Å². The molecule has 1 aromatic heterocycles. The smallest absolute Gasteiger partial charge is 0.228 e. The lowest BCUT2D eigenvalue weighted by Crippen LogP contribution is -2.34. The number of rotatable bonds is 7. The fourth-order valence-electron chi connectivity index (χ4n) is 4.21. The molecule has 0 amide bonds. The third-order valence-corrected chi connectivity index (χ3v) is 9.36. The van der Waals surface area contributed by atoms with Crippen molar-refractivity contribution in [2.75, 3.05) is 18.0 Å². The average Bonchev–Trinajstić information content (AvgIpc) is 3.58. The third-order valence-electron chi connectivity index (χ3n) is 6.56. The zero-order chi connectivity index (χ0) is 23.0. The third kappa shape index (κ3) is 4.82. The van der Waals surface area contributed by atoms with Crippen LogP contribution in [0.4, 0.5) is 5.95 Å². The van der Waals surface area contributed by atoms with Crippen LogP contribution in [0.15, 0.2) is 63.5 Å². The van der Waals surface area contributed by atoms with E-state index in [0.717, 1.165) is 47.0 Å². The lowest BCUT2D eigenvalue weighted by molar-refractivity contribution is 0.429. The first-order chi connectivity index (χ1) is 15.9. The summed E-state index contributed by atoms with van der Waals surface area (Å²) in [5.41, 5.74) is 2.11. The van der Waals surface area contributed by atoms with Crippen LogP contribution in [0, 0.1) is 12.8 Å². The second-order valence-corrected chi connectivity index (χ2v) is 12.2. The maximum Gasteiger partial charge on any atom is 0.228 e. The molecule has 5 rings (SSSR count). The molecule has 8 heteroatoms. The van der Waals surface area contributed by atoms with E-state index in [9.17, 15) is 8.42 Å². The molecule has 33 heavy (non-hydrogen) atoms. The summed E-state index contributed by atoms with van der Waals surface area (Å²) in [6.07, 6.45) is 4.79. The highest BCUT2D eigenvalue weighted by molar-refractivity contribution is 7.98. The van der Waals surface area contributed by atoms with E-state index in [1.54, 1.807) is 36.0 Å². The summed E-state index contributed by atoms with van der Waals surface area (Å²) in [7, 11) is -3.50. The Kier molecular flexibility index (Phi) is 6.22. The van der Waals surface area contributed by atoms with Crippen molar-refractivity contribution in [3.05, 3.63) is 59.7 Å². The van der Waals surface area contributed by atoms with Crippen LogP contribution in [0.2, 0.25) is 0 Å². The number of piperidine rings is 1. The van der Waals surface area contributed by atoms with E-state index in [1.807, 2.05) is 31.2 Å². The second-order valence-electron chi connectivity index (χ2n) is 9.30. The molecule has 174 valence electrons. The average molecular weight is 483 g/mol. The van der Waals surface area contributed by atoms with Crippen molar-refractivity contribution in [1.29, 1.82) is 0 Å². The van der Waals surface area contributed by atoms with Crippen LogP contribution in [0.3, 0.4) is 0 Å². The molecule has 2 aliphatic rings. The Morgan fingerprint density at radius 1 is 0.909 bits per heavy atom. The molecule has 1 aliphatic carbocycles. The van der Waals surface area contributed by atoms with Crippen molar-refractivity contribution in [2.45, 2.75) is 66.3 Å². The van der Waals surface area contributed by atoms with Gasteiger partial charge in [0, 0.05) is 24.9 Å². The molecule has 2 aromatic carbocycles. The zero-order valence-electron chi connectivity index (χ0n) is 19.1. The normalized spacial score (nSPS) is 17.5. The van der Waals surface area contributed by atoms with Crippen LogP contribution in [0.1, 0.15) is 49.8 Å². The number of nitrogens with zero attached hydrogens (tertiary/aromatic N) is 4.